The van der Waals surface area contributed by atoms with Crippen LogP contribution >= 0.6 is 0 Å². The molecule has 0 amide bonds. The minimum absolute atomic E-state index is 0.495. The van der Waals surface area contributed by atoms with Crippen molar-refractivity contribution in [1.82, 2.24) is 5.32 Å². The Bertz CT molecular complexity index is 158. The van der Waals surface area contributed by atoms with Gasteiger partial charge in [0.25, 0.3) is 0 Å². The Balaban J connectivity index is 1.68. The molecule has 1 nitrogen and oxygen atoms in total. The van der Waals surface area contributed by atoms with Crippen LogP contribution in [0.15, 0.2) is 0 Å². The maximum absolute atomic E-state index is 12.9. The monoisotopic (exact) mass is 199 g/mol. The molecule has 1 unspecified atom stereocenters. The van der Waals surface area contributed by atoms with Crippen LogP contribution in [-0.2, 0) is 0 Å². The summed E-state index contributed by atoms with van der Waals surface area (Å²) in [6, 6.07) is 0.741. The zero-order valence-corrected chi connectivity index (χ0v) is 8.97. The van der Waals surface area contributed by atoms with Crippen molar-refractivity contribution in [2.24, 2.45) is 5.92 Å². The average molecular weight is 199 g/mol. The molecule has 0 spiro atoms. The van der Waals surface area contributed by atoms with Crippen LogP contribution in [0, 0.1) is 5.92 Å². The second-order valence-electron chi connectivity index (χ2n) is 5.00. The van der Waals surface area contributed by atoms with Crippen LogP contribution in [0.2, 0.25) is 0 Å². The van der Waals surface area contributed by atoms with E-state index in [1.165, 1.54) is 32.2 Å². The highest BCUT2D eigenvalue weighted by atomic mass is 19.1. The molecule has 2 fully saturated rings. The first kappa shape index (κ1) is 10.4. The number of rotatable bonds is 2. The molecule has 1 saturated heterocycles. The predicted molar refractivity (Wildman–Crippen MR) is 57.1 cm³/mol. The normalized spacial score (nSPS) is 39.6. The molecule has 2 rings (SSSR count). The summed E-state index contributed by atoms with van der Waals surface area (Å²) < 4.78 is 12.9. The molecule has 1 heterocycles. The molecule has 2 heteroatoms. The van der Waals surface area contributed by atoms with Crippen LogP contribution in [0.3, 0.4) is 0 Å². The van der Waals surface area contributed by atoms with Crippen molar-refractivity contribution in [2.45, 2.75) is 63.6 Å². The van der Waals surface area contributed by atoms with Crippen molar-refractivity contribution in [2.75, 3.05) is 6.54 Å². The van der Waals surface area contributed by atoms with Gasteiger partial charge in [0, 0.05) is 6.04 Å². The van der Waals surface area contributed by atoms with E-state index in [2.05, 4.69) is 5.32 Å². The number of piperidine rings is 1. The van der Waals surface area contributed by atoms with Crippen molar-refractivity contribution >= 4 is 0 Å². The van der Waals surface area contributed by atoms with Gasteiger partial charge in [0.1, 0.15) is 6.17 Å². The van der Waals surface area contributed by atoms with E-state index < -0.39 is 6.17 Å². The van der Waals surface area contributed by atoms with Gasteiger partial charge in [-0.25, -0.2) is 4.39 Å². The summed E-state index contributed by atoms with van der Waals surface area (Å²) in [6.07, 6.45) is 8.75. The van der Waals surface area contributed by atoms with Crippen molar-refractivity contribution in [1.29, 1.82) is 0 Å². The Hall–Kier alpha value is -0.110. The van der Waals surface area contributed by atoms with Gasteiger partial charge in [0.15, 0.2) is 0 Å². The molecule has 0 bridgehead atoms. The highest BCUT2D eigenvalue weighted by molar-refractivity contribution is 4.79. The lowest BCUT2D eigenvalue weighted by Crippen LogP contribution is -2.36. The fraction of sp³-hybridized carbons (Fsp3) is 1.00. The lowest BCUT2D eigenvalue weighted by Gasteiger charge is -2.30. The third kappa shape index (κ3) is 2.94. The average Bonchev–Trinajstić information content (AvgIpc) is 2.23. The molecule has 1 aliphatic heterocycles. The van der Waals surface area contributed by atoms with E-state index in [0.29, 0.717) is 0 Å². The van der Waals surface area contributed by atoms with Gasteiger partial charge in [0.05, 0.1) is 0 Å². The highest BCUT2D eigenvalue weighted by Crippen LogP contribution is 2.30. The Labute approximate surface area is 86.5 Å². The topological polar surface area (TPSA) is 12.0 Å². The standard InChI is InChI=1S/C12H22FN/c13-11-6-4-10(5-7-11)9-12-3-1-2-8-14-12/h10-12,14H,1-9H2. The lowest BCUT2D eigenvalue weighted by atomic mass is 9.82. The molecule has 0 aromatic rings. The molecule has 14 heavy (non-hydrogen) atoms. The van der Waals surface area contributed by atoms with Gasteiger partial charge in [0.2, 0.25) is 0 Å². The molecule has 0 radical (unpaired) electrons. The van der Waals surface area contributed by atoms with Gasteiger partial charge in [-0.05, 0) is 57.4 Å². The third-order valence-corrected chi connectivity index (χ3v) is 3.81. The van der Waals surface area contributed by atoms with Crippen molar-refractivity contribution in [3.05, 3.63) is 0 Å². The van der Waals surface area contributed by atoms with Gasteiger partial charge >= 0.3 is 0 Å². The fourth-order valence-electron chi connectivity index (χ4n) is 2.89. The van der Waals surface area contributed by atoms with Crippen LogP contribution in [-0.4, -0.2) is 18.8 Å². The summed E-state index contributed by atoms with van der Waals surface area (Å²) in [4.78, 5) is 0. The Morgan fingerprint density at radius 1 is 1.00 bits per heavy atom. The third-order valence-electron chi connectivity index (χ3n) is 3.81. The van der Waals surface area contributed by atoms with E-state index in [4.69, 9.17) is 0 Å². The van der Waals surface area contributed by atoms with Crippen molar-refractivity contribution in [3.8, 4) is 0 Å². The van der Waals surface area contributed by atoms with Gasteiger partial charge in [-0.15, -0.1) is 0 Å². The van der Waals surface area contributed by atoms with Gasteiger partial charge < -0.3 is 5.32 Å². The molecular weight excluding hydrogens is 177 g/mol. The van der Waals surface area contributed by atoms with E-state index >= 15 is 0 Å². The van der Waals surface area contributed by atoms with Gasteiger partial charge in [-0.3, -0.25) is 0 Å². The smallest absolute Gasteiger partial charge is 0.100 e. The van der Waals surface area contributed by atoms with E-state index in [0.717, 1.165) is 37.6 Å². The quantitative estimate of drug-likeness (QED) is 0.720. The minimum Gasteiger partial charge on any atom is -0.314 e. The molecule has 1 N–H and O–H groups in total. The predicted octanol–water partition coefficient (Wildman–Crippen LogP) is 3.05. The zero-order chi connectivity index (χ0) is 9.80. The molecule has 0 aromatic carbocycles. The van der Waals surface area contributed by atoms with E-state index in [-0.39, 0.29) is 0 Å². The van der Waals surface area contributed by atoms with Gasteiger partial charge in [-0.2, -0.15) is 0 Å². The molecule has 2 aliphatic rings. The first-order chi connectivity index (χ1) is 6.84. The molecule has 0 aromatic heterocycles. The SMILES string of the molecule is FC1CCC(CC2CCCCN2)CC1. The summed E-state index contributed by atoms with van der Waals surface area (Å²) >= 11 is 0. The van der Waals surface area contributed by atoms with E-state index in [1.807, 2.05) is 0 Å². The maximum Gasteiger partial charge on any atom is 0.100 e. The summed E-state index contributed by atoms with van der Waals surface area (Å²) in [6.45, 7) is 1.20. The first-order valence-electron chi connectivity index (χ1n) is 6.22. The summed E-state index contributed by atoms with van der Waals surface area (Å²) in [5, 5.41) is 3.58. The number of nitrogens with one attached hydrogen (secondary N) is 1. The second kappa shape index (κ2) is 5.11. The van der Waals surface area contributed by atoms with Crippen LogP contribution in [0.25, 0.3) is 0 Å². The fourth-order valence-corrected chi connectivity index (χ4v) is 2.89. The Morgan fingerprint density at radius 3 is 2.43 bits per heavy atom. The largest absolute Gasteiger partial charge is 0.314 e. The molecular formula is C12H22FN. The lowest BCUT2D eigenvalue weighted by molar-refractivity contribution is 0.186. The Morgan fingerprint density at radius 2 is 1.79 bits per heavy atom. The molecule has 1 aliphatic carbocycles. The van der Waals surface area contributed by atoms with Crippen LogP contribution < -0.4 is 5.32 Å². The minimum atomic E-state index is -0.495. The first-order valence-corrected chi connectivity index (χ1v) is 6.22. The van der Waals surface area contributed by atoms with E-state index in [1.54, 1.807) is 0 Å². The van der Waals surface area contributed by atoms with E-state index in [9.17, 15) is 4.39 Å². The molecule has 1 atom stereocenters. The van der Waals surface area contributed by atoms with Crippen LogP contribution in [0.5, 0.6) is 0 Å². The van der Waals surface area contributed by atoms with Crippen molar-refractivity contribution in [3.63, 3.8) is 0 Å². The summed E-state index contributed by atoms with van der Waals surface area (Å²) in [5.41, 5.74) is 0. The number of halogens is 1. The maximum atomic E-state index is 12.9. The summed E-state index contributed by atoms with van der Waals surface area (Å²) in [5.74, 6) is 0.803. The summed E-state index contributed by atoms with van der Waals surface area (Å²) in [7, 11) is 0. The second-order valence-corrected chi connectivity index (χ2v) is 5.00. The zero-order valence-electron chi connectivity index (χ0n) is 8.97. The highest BCUT2D eigenvalue weighted by Gasteiger charge is 2.23. The number of hydrogen-bond acceptors (Lipinski definition) is 1. The Kier molecular flexibility index (Phi) is 3.80. The number of alkyl halides is 1. The van der Waals surface area contributed by atoms with Crippen LogP contribution in [0.4, 0.5) is 4.39 Å². The van der Waals surface area contributed by atoms with Gasteiger partial charge in [-0.1, -0.05) is 6.42 Å². The molecule has 1 saturated carbocycles. The van der Waals surface area contributed by atoms with Crippen molar-refractivity contribution < 1.29 is 4.39 Å². The van der Waals surface area contributed by atoms with Crippen LogP contribution in [0.1, 0.15) is 51.4 Å². The molecule has 82 valence electrons. The number of hydrogen-bond donors (Lipinski definition) is 1.